The summed E-state index contributed by atoms with van der Waals surface area (Å²) in [5.41, 5.74) is -0.265. The minimum atomic E-state index is -4.33. The summed E-state index contributed by atoms with van der Waals surface area (Å²) in [6.07, 6.45) is -2.69. The highest BCUT2D eigenvalue weighted by molar-refractivity contribution is 5.80. The van der Waals surface area contributed by atoms with Crippen LogP contribution in [0.4, 0.5) is 13.2 Å². The monoisotopic (exact) mass is 298 g/mol. The first-order valence-electron chi connectivity index (χ1n) is 7.07. The van der Waals surface area contributed by atoms with Crippen molar-refractivity contribution in [2.24, 2.45) is 5.92 Å². The number of halogens is 3. The molecule has 0 aromatic heterocycles. The first-order valence-corrected chi connectivity index (χ1v) is 7.07. The predicted molar refractivity (Wildman–Crippen MR) is 71.7 cm³/mol. The van der Waals surface area contributed by atoms with Crippen LogP contribution < -0.4 is 10.6 Å². The van der Waals surface area contributed by atoms with Gasteiger partial charge in [0.15, 0.2) is 0 Å². The number of hydrogen-bond acceptors (Lipinski definition) is 2. The molecule has 114 valence electrons. The minimum absolute atomic E-state index is 0.00214. The van der Waals surface area contributed by atoms with Crippen molar-refractivity contribution in [3.63, 3.8) is 0 Å². The van der Waals surface area contributed by atoms with Crippen molar-refractivity contribution in [3.8, 4) is 0 Å². The van der Waals surface area contributed by atoms with Crippen molar-refractivity contribution in [1.29, 1.82) is 0 Å². The van der Waals surface area contributed by atoms with Crippen molar-refractivity contribution in [2.45, 2.75) is 24.4 Å². The van der Waals surface area contributed by atoms with Gasteiger partial charge in [-0.2, -0.15) is 13.2 Å². The zero-order chi connectivity index (χ0) is 15.1. The topological polar surface area (TPSA) is 41.1 Å². The number of hydrogen-bond donors (Lipinski definition) is 2. The number of rotatable bonds is 4. The Morgan fingerprint density at radius 2 is 2.05 bits per heavy atom. The zero-order valence-corrected chi connectivity index (χ0v) is 11.5. The average Bonchev–Trinajstić information content (AvgIpc) is 3.15. The highest BCUT2D eigenvalue weighted by Gasteiger charge is 2.45. The lowest BCUT2D eigenvalue weighted by Crippen LogP contribution is -2.51. The quantitative estimate of drug-likeness (QED) is 0.893. The summed E-state index contributed by atoms with van der Waals surface area (Å²) < 4.78 is 38.3. The number of amides is 1. The summed E-state index contributed by atoms with van der Waals surface area (Å²) in [5, 5.41) is 5.91. The van der Waals surface area contributed by atoms with Crippen LogP contribution in [0, 0.1) is 5.92 Å². The van der Waals surface area contributed by atoms with Crippen molar-refractivity contribution in [3.05, 3.63) is 35.4 Å². The summed E-state index contributed by atoms with van der Waals surface area (Å²) in [5.74, 6) is -0.00527. The Kier molecular flexibility index (Phi) is 3.43. The molecule has 21 heavy (non-hydrogen) atoms. The minimum Gasteiger partial charge on any atom is -0.355 e. The maximum Gasteiger partial charge on any atom is 0.416 e. The van der Waals surface area contributed by atoms with Crippen LogP contribution >= 0.6 is 0 Å². The van der Waals surface area contributed by atoms with E-state index in [1.54, 1.807) is 6.07 Å². The molecular formula is C15H17F3N2O. The molecule has 1 heterocycles. The number of nitrogens with one attached hydrogen (secondary N) is 2. The maximum absolute atomic E-state index is 12.8. The van der Waals surface area contributed by atoms with E-state index >= 15 is 0 Å². The molecule has 0 spiro atoms. The maximum atomic E-state index is 12.8. The lowest BCUT2D eigenvalue weighted by Gasteiger charge is -2.27. The van der Waals surface area contributed by atoms with E-state index < -0.39 is 11.7 Å². The third-order valence-corrected chi connectivity index (χ3v) is 4.41. The summed E-state index contributed by atoms with van der Waals surface area (Å²) in [7, 11) is 0. The molecule has 1 saturated carbocycles. The van der Waals surface area contributed by atoms with Crippen LogP contribution in [-0.2, 0) is 16.4 Å². The first kappa shape index (κ1) is 14.4. The molecule has 1 saturated heterocycles. The predicted octanol–water partition coefficient (Wildman–Crippen LogP) is 2.07. The van der Waals surface area contributed by atoms with Gasteiger partial charge in [-0.05, 0) is 24.5 Å². The van der Waals surface area contributed by atoms with Gasteiger partial charge in [0.2, 0.25) is 5.91 Å². The molecule has 3 rings (SSSR count). The number of carbonyl (C=O) groups excluding carboxylic acids is 1. The molecule has 6 heteroatoms. The lowest BCUT2D eigenvalue weighted by molar-refractivity contribution is -0.137. The Morgan fingerprint density at radius 1 is 1.33 bits per heavy atom. The Balaban J connectivity index is 1.69. The van der Waals surface area contributed by atoms with Gasteiger partial charge in [0.1, 0.15) is 0 Å². The Labute approximate surface area is 120 Å². The fraction of sp³-hybridized carbons (Fsp3) is 0.533. The van der Waals surface area contributed by atoms with Crippen molar-refractivity contribution in [2.75, 3.05) is 19.6 Å². The third kappa shape index (κ3) is 2.90. The lowest BCUT2D eigenvalue weighted by atomic mass is 9.93. The molecule has 0 atom stereocenters. The van der Waals surface area contributed by atoms with E-state index in [1.807, 2.05) is 0 Å². The van der Waals surface area contributed by atoms with Gasteiger partial charge >= 0.3 is 6.18 Å². The van der Waals surface area contributed by atoms with Crippen LogP contribution in [0.25, 0.3) is 0 Å². The highest BCUT2D eigenvalue weighted by Crippen LogP contribution is 2.48. The van der Waals surface area contributed by atoms with Gasteiger partial charge in [-0.3, -0.25) is 4.79 Å². The Bertz CT molecular complexity index is 548. The Hall–Kier alpha value is -1.56. The van der Waals surface area contributed by atoms with E-state index in [1.165, 1.54) is 12.1 Å². The second-order valence-corrected chi connectivity index (χ2v) is 5.93. The second-order valence-electron chi connectivity index (χ2n) is 5.93. The molecule has 0 bridgehead atoms. The summed E-state index contributed by atoms with van der Waals surface area (Å²) >= 11 is 0. The average molecular weight is 298 g/mol. The normalized spacial score (nSPS) is 20.7. The summed E-state index contributed by atoms with van der Waals surface area (Å²) in [6.45, 7) is 1.79. The van der Waals surface area contributed by atoms with E-state index in [4.69, 9.17) is 0 Å². The summed E-state index contributed by atoms with van der Waals surface area (Å²) in [6, 6.07) is 5.46. The molecule has 3 nitrogen and oxygen atoms in total. The van der Waals surface area contributed by atoms with Crippen LogP contribution in [0.15, 0.2) is 24.3 Å². The largest absolute Gasteiger partial charge is 0.416 e. The van der Waals surface area contributed by atoms with E-state index in [0.717, 1.165) is 18.9 Å². The van der Waals surface area contributed by atoms with E-state index in [2.05, 4.69) is 10.6 Å². The van der Waals surface area contributed by atoms with Gasteiger partial charge in [-0.25, -0.2) is 0 Å². The number of alkyl halides is 3. The summed E-state index contributed by atoms with van der Waals surface area (Å²) in [4.78, 5) is 11.8. The van der Waals surface area contributed by atoms with Crippen molar-refractivity contribution < 1.29 is 18.0 Å². The third-order valence-electron chi connectivity index (χ3n) is 4.41. The first-order chi connectivity index (χ1) is 9.91. The van der Waals surface area contributed by atoms with Crippen molar-refractivity contribution >= 4 is 5.91 Å². The number of carbonyl (C=O) groups is 1. The molecular weight excluding hydrogens is 281 g/mol. The van der Waals surface area contributed by atoms with Crippen LogP contribution in [0.2, 0.25) is 0 Å². The molecule has 1 aromatic rings. The van der Waals surface area contributed by atoms with Gasteiger partial charge in [0.05, 0.1) is 11.5 Å². The van der Waals surface area contributed by atoms with E-state index in [0.29, 0.717) is 25.2 Å². The van der Waals surface area contributed by atoms with E-state index in [9.17, 15) is 18.0 Å². The fourth-order valence-corrected chi connectivity index (χ4v) is 2.62. The van der Waals surface area contributed by atoms with Crippen LogP contribution in [0.3, 0.4) is 0 Å². The second kappa shape index (κ2) is 5.02. The molecule has 2 N–H and O–H groups in total. The Morgan fingerprint density at radius 3 is 2.57 bits per heavy atom. The van der Waals surface area contributed by atoms with Gasteiger partial charge in [-0.15, -0.1) is 0 Å². The van der Waals surface area contributed by atoms with Crippen LogP contribution in [0.1, 0.15) is 24.0 Å². The van der Waals surface area contributed by atoms with Crippen LogP contribution in [-0.4, -0.2) is 25.5 Å². The van der Waals surface area contributed by atoms with Gasteiger partial charge in [-0.1, -0.05) is 18.2 Å². The molecule has 1 aliphatic heterocycles. The van der Waals surface area contributed by atoms with Gasteiger partial charge in [0, 0.05) is 25.0 Å². The smallest absolute Gasteiger partial charge is 0.355 e. The zero-order valence-electron chi connectivity index (χ0n) is 11.5. The molecule has 1 aliphatic carbocycles. The molecule has 2 fully saturated rings. The standard InChI is InChI=1S/C15H17F3N2O/c16-15(17,18)12-3-1-2-11(6-12)14(4-5-14)9-20-13(21)10-7-19-8-10/h1-3,6,10,19H,4-5,7-9H2,(H,20,21). The molecule has 1 aromatic carbocycles. The van der Waals surface area contributed by atoms with Gasteiger partial charge in [0.25, 0.3) is 0 Å². The van der Waals surface area contributed by atoms with Crippen LogP contribution in [0.5, 0.6) is 0 Å². The SMILES string of the molecule is O=C(NCC1(c2cccc(C(F)(F)F)c2)CC1)C1CNC1. The molecule has 0 radical (unpaired) electrons. The number of benzene rings is 1. The molecule has 1 amide bonds. The highest BCUT2D eigenvalue weighted by atomic mass is 19.4. The fourth-order valence-electron chi connectivity index (χ4n) is 2.62. The van der Waals surface area contributed by atoms with Crippen molar-refractivity contribution in [1.82, 2.24) is 10.6 Å². The van der Waals surface area contributed by atoms with E-state index in [-0.39, 0.29) is 17.2 Å². The molecule has 2 aliphatic rings. The molecule has 0 unspecified atom stereocenters. The van der Waals surface area contributed by atoms with Gasteiger partial charge < -0.3 is 10.6 Å².